The van der Waals surface area contributed by atoms with E-state index in [-0.39, 0.29) is 0 Å². The van der Waals surface area contributed by atoms with Crippen molar-refractivity contribution in [3.63, 3.8) is 0 Å². The predicted molar refractivity (Wildman–Crippen MR) is 104 cm³/mol. The standard InChI is InChI=1S/C22H32N2/c1-5-23(17-21-13-9-7-11-19(21)3)15-16-24(6-2)18-22-14-10-8-12-20(22)4/h7-14H,5-6,15-18H2,1-4H3. The van der Waals surface area contributed by atoms with Crippen LogP contribution < -0.4 is 0 Å². The van der Waals surface area contributed by atoms with E-state index in [1.54, 1.807) is 0 Å². The van der Waals surface area contributed by atoms with Crippen LogP contribution in [0.1, 0.15) is 36.1 Å². The molecule has 0 aliphatic heterocycles. The second-order valence-corrected chi connectivity index (χ2v) is 6.59. The number of aryl methyl sites for hydroxylation is 2. The van der Waals surface area contributed by atoms with Gasteiger partial charge in [-0.25, -0.2) is 0 Å². The van der Waals surface area contributed by atoms with Crippen LogP contribution in [0.15, 0.2) is 48.5 Å². The molecule has 0 aliphatic rings. The second kappa shape index (κ2) is 9.61. The monoisotopic (exact) mass is 324 g/mol. The highest BCUT2D eigenvalue weighted by Gasteiger charge is 2.10. The van der Waals surface area contributed by atoms with Gasteiger partial charge in [-0.2, -0.15) is 0 Å². The summed E-state index contributed by atoms with van der Waals surface area (Å²) in [5.41, 5.74) is 5.68. The van der Waals surface area contributed by atoms with Gasteiger partial charge in [0.25, 0.3) is 0 Å². The summed E-state index contributed by atoms with van der Waals surface area (Å²) in [4.78, 5) is 5.09. The molecule has 2 rings (SSSR count). The molecule has 130 valence electrons. The third-order valence-electron chi connectivity index (χ3n) is 4.94. The number of benzene rings is 2. The largest absolute Gasteiger partial charge is 0.298 e. The van der Waals surface area contributed by atoms with Gasteiger partial charge in [-0.05, 0) is 49.2 Å². The first-order valence-electron chi connectivity index (χ1n) is 9.17. The van der Waals surface area contributed by atoms with Gasteiger partial charge >= 0.3 is 0 Å². The van der Waals surface area contributed by atoms with Crippen molar-refractivity contribution in [1.82, 2.24) is 9.80 Å². The van der Waals surface area contributed by atoms with Gasteiger partial charge in [0.05, 0.1) is 0 Å². The van der Waals surface area contributed by atoms with E-state index in [2.05, 4.69) is 86.0 Å². The third kappa shape index (κ3) is 5.47. The Morgan fingerprint density at radius 3 is 1.33 bits per heavy atom. The number of rotatable bonds is 9. The fourth-order valence-electron chi connectivity index (χ4n) is 3.04. The Labute approximate surface area is 148 Å². The van der Waals surface area contributed by atoms with Gasteiger partial charge in [-0.15, -0.1) is 0 Å². The molecule has 0 radical (unpaired) electrons. The molecule has 0 fully saturated rings. The number of nitrogens with zero attached hydrogens (tertiary/aromatic N) is 2. The molecule has 0 amide bonds. The van der Waals surface area contributed by atoms with Crippen LogP contribution in [0, 0.1) is 13.8 Å². The lowest BCUT2D eigenvalue weighted by molar-refractivity contribution is 0.204. The topological polar surface area (TPSA) is 6.48 Å². The maximum Gasteiger partial charge on any atom is 0.0236 e. The number of hydrogen-bond donors (Lipinski definition) is 0. The van der Waals surface area contributed by atoms with Gasteiger partial charge in [0.2, 0.25) is 0 Å². The molecule has 0 spiro atoms. The van der Waals surface area contributed by atoms with Crippen LogP contribution in [-0.2, 0) is 13.1 Å². The molecular formula is C22H32N2. The van der Waals surface area contributed by atoms with Crippen molar-refractivity contribution in [2.75, 3.05) is 26.2 Å². The lowest BCUT2D eigenvalue weighted by Gasteiger charge is -2.27. The van der Waals surface area contributed by atoms with Gasteiger partial charge in [0.1, 0.15) is 0 Å². The van der Waals surface area contributed by atoms with Crippen molar-refractivity contribution >= 4 is 0 Å². The van der Waals surface area contributed by atoms with Crippen LogP contribution in [0.2, 0.25) is 0 Å². The Morgan fingerprint density at radius 2 is 1.00 bits per heavy atom. The molecule has 2 aromatic carbocycles. The van der Waals surface area contributed by atoms with E-state index in [9.17, 15) is 0 Å². The zero-order valence-corrected chi connectivity index (χ0v) is 15.8. The minimum Gasteiger partial charge on any atom is -0.298 e. The van der Waals surface area contributed by atoms with E-state index in [1.807, 2.05) is 0 Å². The van der Waals surface area contributed by atoms with Crippen LogP contribution >= 0.6 is 0 Å². The van der Waals surface area contributed by atoms with Crippen LogP contribution in [0.4, 0.5) is 0 Å². The van der Waals surface area contributed by atoms with Crippen LogP contribution in [-0.4, -0.2) is 36.0 Å². The summed E-state index contributed by atoms with van der Waals surface area (Å²) in [7, 11) is 0. The second-order valence-electron chi connectivity index (χ2n) is 6.59. The maximum atomic E-state index is 2.54. The maximum absolute atomic E-state index is 2.54. The average Bonchev–Trinajstić information content (AvgIpc) is 2.60. The number of likely N-dealkylation sites (N-methyl/N-ethyl adjacent to an activating group) is 2. The Balaban J connectivity index is 1.91. The van der Waals surface area contributed by atoms with Crippen LogP contribution in [0.5, 0.6) is 0 Å². The van der Waals surface area contributed by atoms with E-state index in [0.717, 1.165) is 39.3 Å². The van der Waals surface area contributed by atoms with Gasteiger partial charge in [0, 0.05) is 26.2 Å². The van der Waals surface area contributed by atoms with Crippen molar-refractivity contribution in [2.24, 2.45) is 0 Å². The summed E-state index contributed by atoms with van der Waals surface area (Å²) in [6, 6.07) is 17.5. The molecule has 24 heavy (non-hydrogen) atoms. The normalized spacial score (nSPS) is 11.4. The molecule has 2 nitrogen and oxygen atoms in total. The van der Waals surface area contributed by atoms with Crippen molar-refractivity contribution in [3.05, 3.63) is 70.8 Å². The first kappa shape index (κ1) is 18.7. The van der Waals surface area contributed by atoms with Crippen molar-refractivity contribution in [3.8, 4) is 0 Å². The van der Waals surface area contributed by atoms with E-state index in [4.69, 9.17) is 0 Å². The Bertz CT molecular complexity index is 565. The van der Waals surface area contributed by atoms with Gasteiger partial charge in [0.15, 0.2) is 0 Å². The quantitative estimate of drug-likeness (QED) is 0.662. The fourth-order valence-corrected chi connectivity index (χ4v) is 3.04. The molecule has 2 heteroatoms. The molecule has 2 aromatic rings. The minimum atomic E-state index is 1.05. The lowest BCUT2D eigenvalue weighted by atomic mass is 10.1. The molecule has 0 bridgehead atoms. The summed E-state index contributed by atoms with van der Waals surface area (Å²) < 4.78 is 0. The number of hydrogen-bond acceptors (Lipinski definition) is 2. The van der Waals surface area contributed by atoms with Crippen LogP contribution in [0.25, 0.3) is 0 Å². The third-order valence-corrected chi connectivity index (χ3v) is 4.94. The Kier molecular flexibility index (Phi) is 7.48. The van der Waals surface area contributed by atoms with Crippen LogP contribution in [0.3, 0.4) is 0 Å². The van der Waals surface area contributed by atoms with Crippen molar-refractivity contribution in [1.29, 1.82) is 0 Å². The summed E-state index contributed by atoms with van der Waals surface area (Å²) in [6.45, 7) is 15.4. The molecule has 0 heterocycles. The van der Waals surface area contributed by atoms with Gasteiger partial charge in [-0.3, -0.25) is 9.80 Å². The summed E-state index contributed by atoms with van der Waals surface area (Å²) >= 11 is 0. The minimum absolute atomic E-state index is 1.05. The highest BCUT2D eigenvalue weighted by Crippen LogP contribution is 2.12. The van der Waals surface area contributed by atoms with Crippen molar-refractivity contribution in [2.45, 2.75) is 40.8 Å². The first-order valence-corrected chi connectivity index (χ1v) is 9.17. The molecule has 0 saturated carbocycles. The predicted octanol–water partition coefficient (Wildman–Crippen LogP) is 4.65. The Hall–Kier alpha value is -1.64. The smallest absolute Gasteiger partial charge is 0.0236 e. The highest BCUT2D eigenvalue weighted by atomic mass is 15.2. The summed E-state index contributed by atoms with van der Waals surface area (Å²) in [5, 5.41) is 0. The molecule has 0 atom stereocenters. The summed E-state index contributed by atoms with van der Waals surface area (Å²) in [6.07, 6.45) is 0. The van der Waals surface area contributed by atoms with E-state index < -0.39 is 0 Å². The zero-order valence-electron chi connectivity index (χ0n) is 15.8. The van der Waals surface area contributed by atoms with Crippen molar-refractivity contribution < 1.29 is 0 Å². The van der Waals surface area contributed by atoms with Gasteiger partial charge < -0.3 is 0 Å². The molecule has 0 aromatic heterocycles. The van der Waals surface area contributed by atoms with Gasteiger partial charge in [-0.1, -0.05) is 62.4 Å². The fraction of sp³-hybridized carbons (Fsp3) is 0.455. The highest BCUT2D eigenvalue weighted by molar-refractivity contribution is 5.26. The molecule has 0 N–H and O–H groups in total. The van der Waals surface area contributed by atoms with E-state index in [1.165, 1.54) is 22.3 Å². The zero-order chi connectivity index (χ0) is 17.4. The average molecular weight is 325 g/mol. The molecular weight excluding hydrogens is 292 g/mol. The lowest BCUT2D eigenvalue weighted by Crippen LogP contribution is -2.34. The van der Waals surface area contributed by atoms with E-state index >= 15 is 0 Å². The summed E-state index contributed by atoms with van der Waals surface area (Å²) in [5.74, 6) is 0. The molecule has 0 saturated heterocycles. The molecule has 0 aliphatic carbocycles. The van der Waals surface area contributed by atoms with E-state index in [0.29, 0.717) is 0 Å². The SMILES string of the molecule is CCN(CCN(CC)Cc1ccccc1C)Cc1ccccc1C. The Morgan fingerprint density at radius 1 is 0.625 bits per heavy atom. The first-order chi connectivity index (χ1) is 11.6. The molecule has 0 unspecified atom stereocenters.